The highest BCUT2D eigenvalue weighted by atomic mass is 32.1. The maximum absolute atomic E-state index is 12.6. The average molecular weight is 375 g/mol. The van der Waals surface area contributed by atoms with Crippen molar-refractivity contribution in [2.75, 3.05) is 33.4 Å². The number of ether oxygens (including phenoxy) is 3. The number of likely N-dealkylation sites (N-methyl/N-ethyl adjacent to an activating group) is 1. The van der Waals surface area contributed by atoms with E-state index in [-0.39, 0.29) is 12.0 Å². The van der Waals surface area contributed by atoms with E-state index in [2.05, 4.69) is 0 Å². The minimum absolute atomic E-state index is 0.0148. The molecule has 2 heterocycles. The van der Waals surface area contributed by atoms with Gasteiger partial charge in [-0.1, -0.05) is 12.1 Å². The molecule has 1 aliphatic heterocycles. The second-order valence-corrected chi connectivity index (χ2v) is 7.27. The van der Waals surface area contributed by atoms with Crippen LogP contribution in [0.1, 0.15) is 40.4 Å². The van der Waals surface area contributed by atoms with Gasteiger partial charge >= 0.3 is 0 Å². The van der Waals surface area contributed by atoms with Crippen molar-refractivity contribution in [3.05, 3.63) is 46.2 Å². The van der Waals surface area contributed by atoms with Crippen molar-refractivity contribution in [2.24, 2.45) is 0 Å². The van der Waals surface area contributed by atoms with E-state index in [0.717, 1.165) is 35.0 Å². The van der Waals surface area contributed by atoms with Crippen molar-refractivity contribution in [3.8, 4) is 11.5 Å². The third-order valence-corrected chi connectivity index (χ3v) is 5.43. The number of nitrogens with zero attached hydrogens (tertiary/aromatic N) is 1. The fourth-order valence-electron chi connectivity index (χ4n) is 2.87. The molecule has 1 unspecified atom stereocenters. The zero-order chi connectivity index (χ0) is 18.4. The van der Waals surface area contributed by atoms with Gasteiger partial charge in [-0.15, -0.1) is 11.3 Å². The Morgan fingerprint density at radius 2 is 2.00 bits per heavy atom. The summed E-state index contributed by atoms with van der Waals surface area (Å²) >= 11 is 1.53. The molecule has 1 amide bonds. The van der Waals surface area contributed by atoms with Crippen molar-refractivity contribution in [1.29, 1.82) is 0 Å². The molecule has 0 N–H and O–H groups in total. The first kappa shape index (κ1) is 18.7. The first-order valence-electron chi connectivity index (χ1n) is 9.00. The third kappa shape index (κ3) is 4.56. The predicted molar refractivity (Wildman–Crippen MR) is 102 cm³/mol. The van der Waals surface area contributed by atoms with E-state index in [1.54, 1.807) is 11.9 Å². The number of hydrogen-bond acceptors (Lipinski definition) is 5. The Hall–Kier alpha value is -2.05. The number of para-hydroxylation sites is 2. The fraction of sp³-hybridized carbons (Fsp3) is 0.450. The first-order valence-corrected chi connectivity index (χ1v) is 9.82. The summed E-state index contributed by atoms with van der Waals surface area (Å²) in [6.07, 6.45) is 2.29. The van der Waals surface area contributed by atoms with Crippen LogP contribution in [0.3, 0.4) is 0 Å². The van der Waals surface area contributed by atoms with E-state index in [4.69, 9.17) is 14.2 Å². The molecular formula is C20H25NO4S. The summed E-state index contributed by atoms with van der Waals surface area (Å²) in [6, 6.07) is 11.5. The van der Waals surface area contributed by atoms with Crippen LogP contribution in [0.15, 0.2) is 36.4 Å². The van der Waals surface area contributed by atoms with Crippen LogP contribution >= 0.6 is 11.3 Å². The molecule has 6 heteroatoms. The number of benzene rings is 1. The smallest absolute Gasteiger partial charge is 0.263 e. The Morgan fingerprint density at radius 3 is 2.69 bits per heavy atom. The van der Waals surface area contributed by atoms with E-state index < -0.39 is 0 Å². The number of hydrogen-bond donors (Lipinski definition) is 0. The standard InChI is InChI=1S/C20H25NO4S/c1-3-23-15-7-4-5-8-16(15)25-14-12-21(2)20(22)19-11-10-18(26-19)17-9-6-13-24-17/h4-5,7-8,10-11,17H,3,6,9,12-14H2,1-2H3. The zero-order valence-electron chi connectivity index (χ0n) is 15.3. The summed E-state index contributed by atoms with van der Waals surface area (Å²) in [6.45, 7) is 4.26. The van der Waals surface area contributed by atoms with Gasteiger partial charge in [-0.2, -0.15) is 0 Å². The molecule has 0 radical (unpaired) electrons. The third-order valence-electron chi connectivity index (χ3n) is 4.26. The zero-order valence-corrected chi connectivity index (χ0v) is 16.1. The van der Waals surface area contributed by atoms with Crippen LogP contribution in [0.4, 0.5) is 0 Å². The van der Waals surface area contributed by atoms with Crippen molar-refractivity contribution >= 4 is 17.2 Å². The summed E-state index contributed by atoms with van der Waals surface area (Å²) in [5.41, 5.74) is 0. The van der Waals surface area contributed by atoms with Gasteiger partial charge in [-0.25, -0.2) is 0 Å². The molecule has 3 rings (SSSR count). The van der Waals surface area contributed by atoms with Gasteiger partial charge in [-0.3, -0.25) is 4.79 Å². The molecule has 1 aromatic carbocycles. The summed E-state index contributed by atoms with van der Waals surface area (Å²) in [5.74, 6) is 1.44. The Morgan fingerprint density at radius 1 is 1.23 bits per heavy atom. The molecule has 0 bridgehead atoms. The van der Waals surface area contributed by atoms with Gasteiger partial charge in [0, 0.05) is 18.5 Å². The monoisotopic (exact) mass is 375 g/mol. The SMILES string of the molecule is CCOc1ccccc1OCCN(C)C(=O)c1ccc(C2CCCO2)s1. The molecular weight excluding hydrogens is 350 g/mol. The topological polar surface area (TPSA) is 48.0 Å². The van der Waals surface area contributed by atoms with Gasteiger partial charge in [-0.05, 0) is 44.0 Å². The van der Waals surface area contributed by atoms with Crippen LogP contribution in [0.5, 0.6) is 11.5 Å². The molecule has 0 spiro atoms. The molecule has 1 aromatic heterocycles. The van der Waals surface area contributed by atoms with E-state index in [0.29, 0.717) is 25.5 Å². The second-order valence-electron chi connectivity index (χ2n) is 6.16. The van der Waals surface area contributed by atoms with Gasteiger partial charge in [0.1, 0.15) is 6.61 Å². The van der Waals surface area contributed by atoms with E-state index >= 15 is 0 Å². The van der Waals surface area contributed by atoms with Crippen molar-refractivity contribution < 1.29 is 19.0 Å². The average Bonchev–Trinajstić information content (AvgIpc) is 3.34. The number of carbonyl (C=O) groups is 1. The van der Waals surface area contributed by atoms with Crippen LogP contribution in [0.2, 0.25) is 0 Å². The summed E-state index contributed by atoms with van der Waals surface area (Å²) in [5, 5.41) is 0. The van der Waals surface area contributed by atoms with Crippen LogP contribution in [0.25, 0.3) is 0 Å². The lowest BCUT2D eigenvalue weighted by Crippen LogP contribution is -2.30. The number of thiophene rings is 1. The van der Waals surface area contributed by atoms with Crippen LogP contribution < -0.4 is 9.47 Å². The summed E-state index contributed by atoms with van der Waals surface area (Å²) in [7, 11) is 1.80. The molecule has 5 nitrogen and oxygen atoms in total. The number of carbonyl (C=O) groups excluding carboxylic acids is 1. The van der Waals surface area contributed by atoms with Gasteiger partial charge in [0.2, 0.25) is 0 Å². The van der Waals surface area contributed by atoms with Crippen molar-refractivity contribution in [3.63, 3.8) is 0 Å². The predicted octanol–water partition coefficient (Wildman–Crippen LogP) is 4.15. The highest BCUT2D eigenvalue weighted by Crippen LogP contribution is 2.33. The molecule has 140 valence electrons. The number of rotatable bonds is 8. The maximum atomic E-state index is 12.6. The lowest BCUT2D eigenvalue weighted by Gasteiger charge is -2.17. The fourth-order valence-corrected chi connectivity index (χ4v) is 3.96. The van der Waals surface area contributed by atoms with Crippen LogP contribution in [0, 0.1) is 0 Å². The minimum atomic E-state index is 0.0148. The van der Waals surface area contributed by atoms with E-state index in [1.165, 1.54) is 11.3 Å². The molecule has 0 saturated carbocycles. The lowest BCUT2D eigenvalue weighted by atomic mass is 10.2. The Labute approximate surface area is 158 Å². The summed E-state index contributed by atoms with van der Waals surface area (Å²) < 4.78 is 17.0. The first-order chi connectivity index (χ1) is 12.7. The highest BCUT2D eigenvalue weighted by Gasteiger charge is 2.22. The maximum Gasteiger partial charge on any atom is 0.263 e. The van der Waals surface area contributed by atoms with Crippen LogP contribution in [-0.4, -0.2) is 44.2 Å². The minimum Gasteiger partial charge on any atom is -0.490 e. The van der Waals surface area contributed by atoms with Gasteiger partial charge < -0.3 is 19.1 Å². The molecule has 2 aromatic rings. The van der Waals surface area contributed by atoms with E-state index in [1.807, 2.05) is 43.3 Å². The van der Waals surface area contributed by atoms with E-state index in [9.17, 15) is 4.79 Å². The molecule has 0 aliphatic carbocycles. The molecule has 1 saturated heterocycles. The lowest BCUT2D eigenvalue weighted by molar-refractivity contribution is 0.0778. The van der Waals surface area contributed by atoms with Crippen molar-refractivity contribution in [2.45, 2.75) is 25.9 Å². The molecule has 1 fully saturated rings. The van der Waals surface area contributed by atoms with Gasteiger partial charge in [0.15, 0.2) is 11.5 Å². The normalized spacial score (nSPS) is 16.5. The summed E-state index contributed by atoms with van der Waals surface area (Å²) in [4.78, 5) is 16.2. The molecule has 1 aliphatic rings. The quantitative estimate of drug-likeness (QED) is 0.695. The second kappa shape index (κ2) is 9.05. The Kier molecular flexibility index (Phi) is 6.52. The Balaban J connectivity index is 1.52. The molecule has 26 heavy (non-hydrogen) atoms. The van der Waals surface area contributed by atoms with Gasteiger partial charge in [0.05, 0.1) is 24.1 Å². The van der Waals surface area contributed by atoms with Crippen molar-refractivity contribution in [1.82, 2.24) is 4.90 Å². The Bertz CT molecular complexity index is 724. The van der Waals surface area contributed by atoms with Gasteiger partial charge in [0.25, 0.3) is 5.91 Å². The molecule has 1 atom stereocenters. The van der Waals surface area contributed by atoms with Crippen LogP contribution in [-0.2, 0) is 4.74 Å². The highest BCUT2D eigenvalue weighted by molar-refractivity contribution is 7.14. The largest absolute Gasteiger partial charge is 0.490 e. The number of amides is 1.